The van der Waals surface area contributed by atoms with Gasteiger partial charge in [-0.1, -0.05) is 0 Å². The highest BCUT2D eigenvalue weighted by atomic mass is 32.2. The molecule has 10 heteroatoms. The Labute approximate surface area is 149 Å². The number of pyridine rings is 1. The molecule has 2 N–H and O–H groups in total. The largest absolute Gasteiger partial charge is 0.504 e. The van der Waals surface area contributed by atoms with Crippen LogP contribution in [0.25, 0.3) is 0 Å². The fourth-order valence-electron chi connectivity index (χ4n) is 1.94. The van der Waals surface area contributed by atoms with Crippen LogP contribution in [0, 0.1) is 6.92 Å². The number of hydrogen-bond acceptors (Lipinski definition) is 8. The Hall–Kier alpha value is -3.40. The fraction of sp³-hybridized carbons (Fsp3) is 0.0625. The number of nitrogens with one attached hydrogen (secondary N) is 1. The monoisotopic (exact) mass is 370 g/mol. The lowest BCUT2D eigenvalue weighted by Crippen LogP contribution is -2.15. The number of aromatic hydroxyl groups is 1. The van der Waals surface area contributed by atoms with Crippen LogP contribution in [0.1, 0.15) is 5.69 Å². The van der Waals surface area contributed by atoms with E-state index in [2.05, 4.69) is 29.9 Å². The molecule has 0 atom stereocenters. The normalized spacial score (nSPS) is 11.6. The van der Waals surface area contributed by atoms with Gasteiger partial charge in [0.25, 0.3) is 10.0 Å². The van der Waals surface area contributed by atoms with E-state index in [1.54, 1.807) is 19.1 Å². The molecule has 0 aliphatic heterocycles. The fourth-order valence-corrected chi connectivity index (χ4v) is 2.89. The first-order chi connectivity index (χ1) is 12.4. The van der Waals surface area contributed by atoms with Gasteiger partial charge in [0.2, 0.25) is 11.8 Å². The Bertz CT molecular complexity index is 1050. The number of hydrogen-bond donors (Lipinski definition) is 2. The van der Waals surface area contributed by atoms with Gasteiger partial charge in [-0.25, -0.2) is 28.1 Å². The van der Waals surface area contributed by atoms with Crippen LogP contribution in [0.15, 0.2) is 70.0 Å². The SMILES string of the molecule is Cc1ccnc(NS(=O)(=O)c2ccc(N=Nc3ncccc3O)cc2)n1. The summed E-state index contributed by atoms with van der Waals surface area (Å²) in [7, 11) is -3.82. The van der Waals surface area contributed by atoms with E-state index in [1.807, 2.05) is 0 Å². The highest BCUT2D eigenvalue weighted by Crippen LogP contribution is 2.25. The molecule has 0 bridgehead atoms. The number of benzene rings is 1. The first-order valence-corrected chi connectivity index (χ1v) is 8.91. The minimum atomic E-state index is -3.82. The van der Waals surface area contributed by atoms with Gasteiger partial charge in [0.1, 0.15) is 0 Å². The predicted octanol–water partition coefficient (Wildman–Crippen LogP) is 3.10. The topological polar surface area (TPSA) is 130 Å². The molecule has 26 heavy (non-hydrogen) atoms. The maximum Gasteiger partial charge on any atom is 0.264 e. The van der Waals surface area contributed by atoms with E-state index in [1.165, 1.54) is 42.7 Å². The van der Waals surface area contributed by atoms with Crippen molar-refractivity contribution in [2.45, 2.75) is 11.8 Å². The molecule has 0 aliphatic rings. The first-order valence-electron chi connectivity index (χ1n) is 7.42. The molecule has 0 aliphatic carbocycles. The van der Waals surface area contributed by atoms with Gasteiger partial charge >= 0.3 is 0 Å². The average molecular weight is 370 g/mol. The summed E-state index contributed by atoms with van der Waals surface area (Å²) in [6, 6.07) is 10.4. The van der Waals surface area contributed by atoms with Crippen LogP contribution in [0.2, 0.25) is 0 Å². The summed E-state index contributed by atoms with van der Waals surface area (Å²) in [6.07, 6.45) is 2.94. The maximum atomic E-state index is 12.4. The van der Waals surface area contributed by atoms with Gasteiger partial charge < -0.3 is 5.11 Å². The zero-order valence-electron chi connectivity index (χ0n) is 13.6. The van der Waals surface area contributed by atoms with E-state index < -0.39 is 10.0 Å². The van der Waals surface area contributed by atoms with Gasteiger partial charge in [-0.05, 0) is 49.4 Å². The second kappa shape index (κ2) is 7.23. The van der Waals surface area contributed by atoms with Crippen LogP contribution < -0.4 is 4.72 Å². The molecule has 1 aromatic carbocycles. The van der Waals surface area contributed by atoms with Crippen molar-refractivity contribution in [2.75, 3.05) is 4.72 Å². The molecule has 2 aromatic heterocycles. The maximum absolute atomic E-state index is 12.4. The summed E-state index contributed by atoms with van der Waals surface area (Å²) in [4.78, 5) is 11.8. The van der Waals surface area contributed by atoms with E-state index in [0.717, 1.165) is 0 Å². The van der Waals surface area contributed by atoms with Crippen molar-refractivity contribution in [2.24, 2.45) is 10.2 Å². The number of anilines is 1. The van der Waals surface area contributed by atoms with Crippen LogP contribution in [0.5, 0.6) is 5.75 Å². The number of rotatable bonds is 5. The van der Waals surface area contributed by atoms with Crippen molar-refractivity contribution in [3.8, 4) is 5.75 Å². The summed E-state index contributed by atoms with van der Waals surface area (Å²) in [5.74, 6) is -0.0281. The van der Waals surface area contributed by atoms with Crippen LogP contribution in [-0.4, -0.2) is 28.5 Å². The third-order valence-electron chi connectivity index (χ3n) is 3.19. The smallest absolute Gasteiger partial charge is 0.264 e. The molecule has 3 rings (SSSR count). The number of sulfonamides is 1. The highest BCUT2D eigenvalue weighted by molar-refractivity contribution is 7.92. The van der Waals surface area contributed by atoms with Crippen LogP contribution in [0.4, 0.5) is 17.5 Å². The zero-order valence-corrected chi connectivity index (χ0v) is 14.4. The lowest BCUT2D eigenvalue weighted by molar-refractivity contribution is 0.474. The summed E-state index contributed by atoms with van der Waals surface area (Å²) in [5.41, 5.74) is 1.05. The molecule has 0 saturated carbocycles. The molecule has 0 fully saturated rings. The standard InChI is InChI=1S/C16H14N6O3S/c1-11-8-10-18-16(19-11)22-26(24,25)13-6-4-12(5-7-13)20-21-15-14(23)3-2-9-17-15/h2-10,23H,1H3,(H,18,19,22). The van der Waals surface area contributed by atoms with Gasteiger partial charge in [0, 0.05) is 18.1 Å². The van der Waals surface area contributed by atoms with Gasteiger partial charge in [-0.2, -0.15) is 0 Å². The highest BCUT2D eigenvalue weighted by Gasteiger charge is 2.15. The minimum Gasteiger partial charge on any atom is -0.504 e. The Morgan fingerprint density at radius 3 is 2.46 bits per heavy atom. The van der Waals surface area contributed by atoms with Crippen molar-refractivity contribution >= 4 is 27.5 Å². The lowest BCUT2D eigenvalue weighted by atomic mass is 10.3. The van der Waals surface area contributed by atoms with Crippen molar-refractivity contribution in [3.05, 3.63) is 60.6 Å². The molecule has 0 unspecified atom stereocenters. The van der Waals surface area contributed by atoms with Crippen LogP contribution >= 0.6 is 0 Å². The molecular formula is C16H14N6O3S. The molecule has 132 valence electrons. The molecular weight excluding hydrogens is 356 g/mol. The molecule has 3 aromatic rings. The van der Waals surface area contributed by atoms with E-state index in [-0.39, 0.29) is 22.4 Å². The molecule has 2 heterocycles. The van der Waals surface area contributed by atoms with Crippen molar-refractivity contribution < 1.29 is 13.5 Å². The third-order valence-corrected chi connectivity index (χ3v) is 4.54. The van der Waals surface area contributed by atoms with Crippen LogP contribution in [-0.2, 0) is 10.0 Å². The van der Waals surface area contributed by atoms with Crippen molar-refractivity contribution in [1.29, 1.82) is 0 Å². The number of aryl methyl sites for hydroxylation is 1. The lowest BCUT2D eigenvalue weighted by Gasteiger charge is -2.06. The Morgan fingerprint density at radius 1 is 1.00 bits per heavy atom. The summed E-state index contributed by atoms with van der Waals surface area (Å²) in [5, 5.41) is 17.3. The Kier molecular flexibility index (Phi) is 4.85. The Morgan fingerprint density at radius 2 is 1.77 bits per heavy atom. The average Bonchev–Trinajstić information content (AvgIpc) is 2.61. The first kappa shape index (κ1) is 17.4. The quantitative estimate of drug-likeness (QED) is 0.664. The van der Waals surface area contributed by atoms with E-state index in [9.17, 15) is 13.5 Å². The van der Waals surface area contributed by atoms with Gasteiger partial charge in [0.15, 0.2) is 5.75 Å². The van der Waals surface area contributed by atoms with Crippen LogP contribution in [0.3, 0.4) is 0 Å². The number of nitrogens with zero attached hydrogens (tertiary/aromatic N) is 5. The van der Waals surface area contributed by atoms with Gasteiger partial charge in [-0.15, -0.1) is 10.2 Å². The molecule has 0 amide bonds. The minimum absolute atomic E-state index is 0.000564. The summed E-state index contributed by atoms with van der Waals surface area (Å²) in [6.45, 7) is 1.73. The van der Waals surface area contributed by atoms with Gasteiger partial charge in [0.05, 0.1) is 10.6 Å². The van der Waals surface area contributed by atoms with Gasteiger partial charge in [-0.3, -0.25) is 0 Å². The van der Waals surface area contributed by atoms with E-state index in [0.29, 0.717) is 11.4 Å². The van der Waals surface area contributed by atoms with Crippen molar-refractivity contribution in [1.82, 2.24) is 15.0 Å². The molecule has 0 radical (unpaired) electrons. The zero-order chi connectivity index (χ0) is 18.6. The third kappa shape index (κ3) is 4.16. The summed E-state index contributed by atoms with van der Waals surface area (Å²) >= 11 is 0. The second-order valence-electron chi connectivity index (χ2n) is 5.17. The van der Waals surface area contributed by atoms with E-state index in [4.69, 9.17) is 0 Å². The Balaban J connectivity index is 1.77. The summed E-state index contributed by atoms with van der Waals surface area (Å²) < 4.78 is 27.0. The molecule has 0 spiro atoms. The van der Waals surface area contributed by atoms with E-state index >= 15 is 0 Å². The molecule has 9 nitrogen and oxygen atoms in total. The number of azo groups is 1. The number of aromatic nitrogens is 3. The molecule has 0 saturated heterocycles. The predicted molar refractivity (Wildman–Crippen MR) is 94.1 cm³/mol. The van der Waals surface area contributed by atoms with Crippen molar-refractivity contribution in [3.63, 3.8) is 0 Å². The second-order valence-corrected chi connectivity index (χ2v) is 6.85.